The Balaban J connectivity index is 1.93. The number of carbonyl (C=O) groups is 1. The summed E-state index contributed by atoms with van der Waals surface area (Å²) in [5, 5.41) is 3.78. The van der Waals surface area contributed by atoms with Crippen molar-refractivity contribution < 1.29 is 13.2 Å². The molecule has 0 saturated heterocycles. The van der Waals surface area contributed by atoms with Crippen LogP contribution in [0, 0.1) is 0 Å². The molecule has 1 heterocycles. The van der Waals surface area contributed by atoms with Crippen molar-refractivity contribution in [3.8, 4) is 0 Å². The molecule has 1 amide bonds. The minimum Gasteiger partial charge on any atom is -0.272 e. The fourth-order valence-corrected chi connectivity index (χ4v) is 2.87. The van der Waals surface area contributed by atoms with E-state index in [4.69, 9.17) is 0 Å². The maximum Gasteiger partial charge on any atom is 0.255 e. The van der Waals surface area contributed by atoms with Crippen LogP contribution in [0.15, 0.2) is 64.9 Å². The zero-order valence-corrected chi connectivity index (χ0v) is 13.3. The second kappa shape index (κ2) is 7.61. The zero-order chi connectivity index (χ0) is 16.7. The first kappa shape index (κ1) is 16.8. The van der Waals surface area contributed by atoms with Crippen molar-refractivity contribution in [2.75, 3.05) is 13.6 Å². The number of sulfonamides is 1. The maximum atomic E-state index is 12.3. The highest BCUT2D eigenvalue weighted by atomic mass is 32.2. The molecule has 0 aliphatic carbocycles. The van der Waals surface area contributed by atoms with Crippen LogP contribution >= 0.6 is 0 Å². The van der Waals surface area contributed by atoms with E-state index < -0.39 is 15.9 Å². The van der Waals surface area contributed by atoms with Crippen molar-refractivity contribution in [2.24, 2.45) is 5.10 Å². The number of amides is 1. The van der Waals surface area contributed by atoms with Gasteiger partial charge in [0, 0.05) is 19.4 Å². The summed E-state index contributed by atoms with van der Waals surface area (Å²) >= 11 is 0. The van der Waals surface area contributed by atoms with E-state index in [1.807, 2.05) is 0 Å². The summed E-state index contributed by atoms with van der Waals surface area (Å²) in [6, 6.07) is 11.4. The molecular formula is C15H16N4O3S. The lowest BCUT2D eigenvalue weighted by Gasteiger charge is -2.15. The van der Waals surface area contributed by atoms with E-state index in [9.17, 15) is 13.2 Å². The molecule has 0 aliphatic heterocycles. The Morgan fingerprint density at radius 3 is 2.52 bits per heavy atom. The molecular weight excluding hydrogens is 316 g/mol. The second-order valence-corrected chi connectivity index (χ2v) is 6.69. The van der Waals surface area contributed by atoms with Gasteiger partial charge >= 0.3 is 0 Å². The molecule has 1 N–H and O–H groups in total. The van der Waals surface area contributed by atoms with Crippen molar-refractivity contribution in [1.82, 2.24) is 14.7 Å². The highest BCUT2D eigenvalue weighted by Gasteiger charge is 2.22. The van der Waals surface area contributed by atoms with Crippen molar-refractivity contribution in [3.63, 3.8) is 0 Å². The van der Waals surface area contributed by atoms with Crippen LogP contribution in [-0.2, 0) is 14.8 Å². The third kappa shape index (κ3) is 4.70. The lowest BCUT2D eigenvalue weighted by molar-refractivity contribution is -0.121. The molecule has 2 rings (SSSR count). The number of rotatable bonds is 6. The van der Waals surface area contributed by atoms with Gasteiger partial charge in [0.15, 0.2) is 0 Å². The van der Waals surface area contributed by atoms with Crippen LogP contribution in [0.2, 0.25) is 0 Å². The van der Waals surface area contributed by atoms with Gasteiger partial charge in [-0.25, -0.2) is 13.8 Å². The number of likely N-dealkylation sites (N-methyl/N-ethyl adjacent to an activating group) is 1. The smallest absolute Gasteiger partial charge is 0.255 e. The number of aromatic nitrogens is 1. The van der Waals surface area contributed by atoms with Gasteiger partial charge in [0.1, 0.15) is 0 Å². The first-order valence-corrected chi connectivity index (χ1v) is 8.17. The largest absolute Gasteiger partial charge is 0.272 e. The molecule has 0 fully saturated rings. The van der Waals surface area contributed by atoms with Crippen LogP contribution in [0.1, 0.15) is 5.56 Å². The molecule has 1 aromatic carbocycles. The highest BCUT2D eigenvalue weighted by molar-refractivity contribution is 7.89. The fraction of sp³-hybridized carbons (Fsp3) is 0.133. The van der Waals surface area contributed by atoms with Gasteiger partial charge in [0.05, 0.1) is 17.7 Å². The van der Waals surface area contributed by atoms with Crippen LogP contribution < -0.4 is 5.43 Å². The van der Waals surface area contributed by atoms with E-state index in [0.717, 1.165) is 9.87 Å². The Kier molecular flexibility index (Phi) is 5.56. The number of nitrogens with one attached hydrogen (secondary N) is 1. The topological polar surface area (TPSA) is 91.7 Å². The lowest BCUT2D eigenvalue weighted by atomic mass is 10.3. The normalized spacial score (nSPS) is 11.7. The van der Waals surface area contributed by atoms with Crippen LogP contribution in [0.5, 0.6) is 0 Å². The molecule has 0 unspecified atom stereocenters. The fourth-order valence-electron chi connectivity index (χ4n) is 1.72. The Morgan fingerprint density at radius 2 is 1.87 bits per heavy atom. The molecule has 120 valence electrons. The molecule has 0 spiro atoms. The summed E-state index contributed by atoms with van der Waals surface area (Å²) in [5.74, 6) is -0.530. The van der Waals surface area contributed by atoms with Gasteiger partial charge < -0.3 is 0 Å². The predicted molar refractivity (Wildman–Crippen MR) is 86.2 cm³/mol. The van der Waals surface area contributed by atoms with E-state index in [1.165, 1.54) is 25.4 Å². The Hall–Kier alpha value is -2.58. The molecule has 0 aliphatic rings. The summed E-state index contributed by atoms with van der Waals surface area (Å²) in [5.41, 5.74) is 3.06. The lowest BCUT2D eigenvalue weighted by Crippen LogP contribution is -2.36. The molecule has 8 heteroatoms. The molecule has 23 heavy (non-hydrogen) atoms. The van der Waals surface area contributed by atoms with Gasteiger partial charge in [-0.3, -0.25) is 9.78 Å². The SMILES string of the molecule is CN(CC(=O)N/N=C\c1ccncc1)S(=O)(=O)c1ccccc1. The van der Waals surface area contributed by atoms with Crippen molar-refractivity contribution in [3.05, 3.63) is 60.4 Å². The molecule has 0 saturated carbocycles. The van der Waals surface area contributed by atoms with Gasteiger partial charge in [-0.2, -0.15) is 9.41 Å². The average molecular weight is 332 g/mol. The summed E-state index contributed by atoms with van der Waals surface area (Å²) in [4.78, 5) is 15.8. The summed E-state index contributed by atoms with van der Waals surface area (Å²) < 4.78 is 25.5. The second-order valence-electron chi connectivity index (χ2n) is 4.65. The van der Waals surface area contributed by atoms with Crippen LogP contribution in [0.3, 0.4) is 0 Å². The standard InChI is InChI=1S/C15H16N4O3S/c1-19(23(21,22)14-5-3-2-4-6-14)12-15(20)18-17-11-13-7-9-16-10-8-13/h2-11H,12H2,1H3,(H,18,20)/b17-11-. The van der Waals surface area contributed by atoms with Gasteiger partial charge in [-0.1, -0.05) is 18.2 Å². The molecule has 2 aromatic rings. The summed E-state index contributed by atoms with van der Waals surface area (Å²) in [6.45, 7) is -0.328. The third-order valence-electron chi connectivity index (χ3n) is 2.93. The van der Waals surface area contributed by atoms with Gasteiger partial charge in [0.2, 0.25) is 10.0 Å². The third-order valence-corrected chi connectivity index (χ3v) is 4.74. The molecule has 1 aromatic heterocycles. The van der Waals surface area contributed by atoms with E-state index in [2.05, 4.69) is 15.5 Å². The molecule has 0 bridgehead atoms. The van der Waals surface area contributed by atoms with E-state index in [0.29, 0.717) is 0 Å². The average Bonchev–Trinajstić information content (AvgIpc) is 2.56. The number of benzene rings is 1. The summed E-state index contributed by atoms with van der Waals surface area (Å²) in [6.07, 6.45) is 4.65. The van der Waals surface area contributed by atoms with Crippen molar-refractivity contribution >= 4 is 22.1 Å². The number of hydrogen-bond donors (Lipinski definition) is 1. The molecule has 0 radical (unpaired) electrons. The minimum atomic E-state index is -3.70. The Labute approximate surface area is 134 Å². The number of hydrazone groups is 1. The van der Waals surface area contributed by atoms with E-state index >= 15 is 0 Å². The Bertz CT molecular complexity index is 777. The monoisotopic (exact) mass is 332 g/mol. The van der Waals surface area contributed by atoms with E-state index in [-0.39, 0.29) is 11.4 Å². The van der Waals surface area contributed by atoms with Gasteiger partial charge in [-0.05, 0) is 29.8 Å². The number of pyridine rings is 1. The zero-order valence-electron chi connectivity index (χ0n) is 12.5. The van der Waals surface area contributed by atoms with Crippen LogP contribution in [0.4, 0.5) is 0 Å². The van der Waals surface area contributed by atoms with Gasteiger partial charge in [-0.15, -0.1) is 0 Å². The van der Waals surface area contributed by atoms with Crippen LogP contribution in [0.25, 0.3) is 0 Å². The highest BCUT2D eigenvalue weighted by Crippen LogP contribution is 2.12. The summed E-state index contributed by atoms with van der Waals surface area (Å²) in [7, 11) is -2.36. The predicted octanol–water partition coefficient (Wildman–Crippen LogP) is 0.852. The molecule has 7 nitrogen and oxygen atoms in total. The first-order valence-electron chi connectivity index (χ1n) is 6.73. The van der Waals surface area contributed by atoms with Crippen molar-refractivity contribution in [2.45, 2.75) is 4.90 Å². The Morgan fingerprint density at radius 1 is 1.22 bits per heavy atom. The first-order chi connectivity index (χ1) is 11.0. The maximum absolute atomic E-state index is 12.3. The van der Waals surface area contributed by atoms with Crippen molar-refractivity contribution in [1.29, 1.82) is 0 Å². The number of hydrogen-bond acceptors (Lipinski definition) is 5. The quantitative estimate of drug-likeness (QED) is 0.627. The number of nitrogens with zero attached hydrogens (tertiary/aromatic N) is 3. The molecule has 0 atom stereocenters. The van der Waals surface area contributed by atoms with Crippen LogP contribution in [-0.4, -0.2) is 43.4 Å². The number of carbonyl (C=O) groups excluding carboxylic acids is 1. The van der Waals surface area contributed by atoms with Gasteiger partial charge in [0.25, 0.3) is 5.91 Å². The van der Waals surface area contributed by atoms with E-state index in [1.54, 1.807) is 42.7 Å². The minimum absolute atomic E-state index is 0.135.